The van der Waals surface area contributed by atoms with Crippen molar-refractivity contribution in [2.75, 3.05) is 32.7 Å². The van der Waals surface area contributed by atoms with Crippen molar-refractivity contribution in [1.29, 1.82) is 0 Å². The van der Waals surface area contributed by atoms with Crippen molar-refractivity contribution in [2.45, 2.75) is 24.0 Å². The summed E-state index contributed by atoms with van der Waals surface area (Å²) in [7, 11) is -3.45. The number of aliphatic carboxylic acids is 1. The van der Waals surface area contributed by atoms with E-state index in [0.29, 0.717) is 36.8 Å². The van der Waals surface area contributed by atoms with Crippen molar-refractivity contribution < 1.29 is 18.3 Å². The van der Waals surface area contributed by atoms with Gasteiger partial charge in [-0.1, -0.05) is 6.92 Å². The smallest absolute Gasteiger partial charge is 0.317 e. The highest BCUT2D eigenvalue weighted by Crippen LogP contribution is 2.26. The lowest BCUT2D eigenvalue weighted by molar-refractivity contribution is -0.138. The standard InChI is InChI=1S/C13H20N2O4S2/c1-2-11-4-5-13(20-11)21(18,19)15-7-3-6-14(8-9-15)10-12(16)17/h4-5H,2-3,6-10H2,1H3,(H,16,17). The Bertz CT molecular complexity index is 597. The third kappa shape index (κ3) is 4.03. The molecular formula is C13H20N2O4S2. The molecule has 1 aromatic rings. The zero-order valence-corrected chi connectivity index (χ0v) is 13.6. The lowest BCUT2D eigenvalue weighted by atomic mass is 10.4. The quantitative estimate of drug-likeness (QED) is 0.873. The Labute approximate surface area is 129 Å². The first kappa shape index (κ1) is 16.4. The van der Waals surface area contributed by atoms with Crippen molar-refractivity contribution in [2.24, 2.45) is 0 Å². The highest BCUT2D eigenvalue weighted by molar-refractivity contribution is 7.91. The molecule has 0 aliphatic carbocycles. The number of hydrogen-bond acceptors (Lipinski definition) is 5. The molecule has 118 valence electrons. The van der Waals surface area contributed by atoms with Crippen LogP contribution in [0, 0.1) is 0 Å². The molecule has 0 aromatic carbocycles. The second kappa shape index (κ2) is 6.87. The van der Waals surface area contributed by atoms with Gasteiger partial charge >= 0.3 is 5.97 Å². The minimum Gasteiger partial charge on any atom is -0.480 e. The van der Waals surface area contributed by atoms with Crippen LogP contribution in [0.1, 0.15) is 18.2 Å². The van der Waals surface area contributed by atoms with Crippen molar-refractivity contribution in [3.8, 4) is 0 Å². The molecule has 0 spiro atoms. The maximum Gasteiger partial charge on any atom is 0.317 e. The van der Waals surface area contributed by atoms with Gasteiger partial charge in [-0.05, 0) is 25.0 Å². The van der Waals surface area contributed by atoms with Crippen LogP contribution in [0.25, 0.3) is 0 Å². The summed E-state index contributed by atoms with van der Waals surface area (Å²) >= 11 is 1.31. The van der Waals surface area contributed by atoms with Crippen LogP contribution in [0.2, 0.25) is 0 Å². The zero-order chi connectivity index (χ0) is 15.5. The summed E-state index contributed by atoms with van der Waals surface area (Å²) < 4.78 is 27.1. The molecule has 0 unspecified atom stereocenters. The van der Waals surface area contributed by atoms with Gasteiger partial charge in [-0.25, -0.2) is 8.42 Å². The molecule has 6 nitrogen and oxygen atoms in total. The molecule has 0 atom stereocenters. The Morgan fingerprint density at radius 2 is 2.05 bits per heavy atom. The number of carboxylic acid groups (broad SMARTS) is 1. The molecule has 21 heavy (non-hydrogen) atoms. The van der Waals surface area contributed by atoms with Gasteiger partial charge in [0.2, 0.25) is 0 Å². The van der Waals surface area contributed by atoms with Gasteiger partial charge in [-0.15, -0.1) is 11.3 Å². The Morgan fingerprint density at radius 3 is 2.67 bits per heavy atom. The van der Waals surface area contributed by atoms with Crippen LogP contribution in [0.3, 0.4) is 0 Å². The maximum atomic E-state index is 12.6. The molecule has 1 fully saturated rings. The zero-order valence-electron chi connectivity index (χ0n) is 12.0. The molecule has 0 saturated carbocycles. The van der Waals surface area contributed by atoms with Crippen LogP contribution in [0.4, 0.5) is 0 Å². The highest BCUT2D eigenvalue weighted by Gasteiger charge is 2.28. The molecule has 2 rings (SSSR count). The largest absolute Gasteiger partial charge is 0.480 e. The molecular weight excluding hydrogens is 312 g/mol. The normalized spacial score (nSPS) is 18.5. The van der Waals surface area contributed by atoms with Gasteiger partial charge in [-0.3, -0.25) is 9.69 Å². The van der Waals surface area contributed by atoms with Crippen LogP contribution in [0.5, 0.6) is 0 Å². The topological polar surface area (TPSA) is 77.9 Å². The van der Waals surface area contributed by atoms with E-state index < -0.39 is 16.0 Å². The first-order chi connectivity index (χ1) is 9.93. The number of thiophene rings is 1. The van der Waals surface area contributed by atoms with Crippen LogP contribution < -0.4 is 0 Å². The monoisotopic (exact) mass is 332 g/mol. The molecule has 0 bridgehead atoms. The third-order valence-electron chi connectivity index (χ3n) is 3.49. The molecule has 1 aliphatic heterocycles. The van der Waals surface area contributed by atoms with E-state index in [1.807, 2.05) is 13.0 Å². The fourth-order valence-electron chi connectivity index (χ4n) is 2.35. The average molecular weight is 332 g/mol. The SMILES string of the molecule is CCc1ccc(S(=O)(=O)N2CCCN(CC(=O)O)CC2)s1. The minimum atomic E-state index is -3.45. The number of rotatable bonds is 5. The van der Waals surface area contributed by atoms with Gasteiger partial charge in [0.15, 0.2) is 0 Å². The van der Waals surface area contributed by atoms with E-state index in [9.17, 15) is 13.2 Å². The Hall–Kier alpha value is -0.960. The third-order valence-corrected chi connectivity index (χ3v) is 7.08. The summed E-state index contributed by atoms with van der Waals surface area (Å²) in [6, 6.07) is 3.52. The van der Waals surface area contributed by atoms with Gasteiger partial charge in [0.05, 0.1) is 6.54 Å². The Kier molecular flexibility index (Phi) is 5.37. The van der Waals surface area contributed by atoms with Crippen LogP contribution in [-0.2, 0) is 21.2 Å². The summed E-state index contributed by atoms with van der Waals surface area (Å²) in [6.07, 6.45) is 1.48. The summed E-state index contributed by atoms with van der Waals surface area (Å²) in [5, 5.41) is 8.82. The Balaban J connectivity index is 2.08. The second-order valence-electron chi connectivity index (χ2n) is 5.00. The second-order valence-corrected chi connectivity index (χ2v) is 8.33. The predicted molar refractivity (Wildman–Crippen MR) is 81.1 cm³/mol. The Morgan fingerprint density at radius 1 is 1.29 bits per heavy atom. The first-order valence-corrected chi connectivity index (χ1v) is 9.22. The summed E-state index contributed by atoms with van der Waals surface area (Å²) in [6.45, 7) is 3.82. The molecule has 0 radical (unpaired) electrons. The van der Waals surface area contributed by atoms with E-state index in [0.717, 1.165) is 11.3 Å². The molecule has 2 heterocycles. The van der Waals surface area contributed by atoms with E-state index in [1.165, 1.54) is 15.6 Å². The van der Waals surface area contributed by atoms with Crippen LogP contribution >= 0.6 is 11.3 Å². The molecule has 8 heteroatoms. The van der Waals surface area contributed by atoms with Crippen molar-refractivity contribution in [1.82, 2.24) is 9.21 Å². The van der Waals surface area contributed by atoms with Gasteiger partial charge in [0.1, 0.15) is 4.21 Å². The van der Waals surface area contributed by atoms with Crippen molar-refractivity contribution in [3.05, 3.63) is 17.0 Å². The fraction of sp³-hybridized carbons (Fsp3) is 0.615. The van der Waals surface area contributed by atoms with E-state index in [4.69, 9.17) is 5.11 Å². The molecule has 1 N–H and O–H groups in total. The minimum absolute atomic E-state index is 0.0348. The molecule has 1 saturated heterocycles. The van der Waals surface area contributed by atoms with Gasteiger partial charge in [0.25, 0.3) is 10.0 Å². The lowest BCUT2D eigenvalue weighted by Gasteiger charge is -2.20. The predicted octanol–water partition coefficient (Wildman–Crippen LogP) is 1.09. The number of aryl methyl sites for hydroxylation is 1. The van der Waals surface area contributed by atoms with E-state index in [1.54, 1.807) is 11.0 Å². The molecule has 1 aromatic heterocycles. The van der Waals surface area contributed by atoms with E-state index in [2.05, 4.69) is 0 Å². The fourth-order valence-corrected chi connectivity index (χ4v) is 5.27. The number of nitrogens with zero attached hydrogens (tertiary/aromatic N) is 2. The lowest BCUT2D eigenvalue weighted by Crippen LogP contribution is -2.36. The number of hydrogen-bond donors (Lipinski definition) is 1. The van der Waals surface area contributed by atoms with Gasteiger partial charge in [-0.2, -0.15) is 4.31 Å². The van der Waals surface area contributed by atoms with Gasteiger partial charge < -0.3 is 5.11 Å². The number of carboxylic acids is 1. The van der Waals surface area contributed by atoms with E-state index >= 15 is 0 Å². The van der Waals surface area contributed by atoms with E-state index in [-0.39, 0.29) is 6.54 Å². The molecule has 1 aliphatic rings. The molecule has 0 amide bonds. The van der Waals surface area contributed by atoms with Gasteiger partial charge in [0, 0.05) is 31.1 Å². The van der Waals surface area contributed by atoms with Crippen LogP contribution in [0.15, 0.2) is 16.3 Å². The average Bonchev–Trinajstić information content (AvgIpc) is 2.79. The maximum absolute atomic E-state index is 12.6. The summed E-state index contributed by atoms with van der Waals surface area (Å²) in [5.74, 6) is -0.878. The summed E-state index contributed by atoms with van der Waals surface area (Å²) in [4.78, 5) is 13.6. The summed E-state index contributed by atoms with van der Waals surface area (Å²) in [5.41, 5.74) is 0. The number of sulfonamides is 1. The number of carbonyl (C=O) groups is 1. The highest BCUT2D eigenvalue weighted by atomic mass is 32.2. The van der Waals surface area contributed by atoms with Crippen molar-refractivity contribution in [3.63, 3.8) is 0 Å². The van der Waals surface area contributed by atoms with Crippen molar-refractivity contribution >= 4 is 27.3 Å². The van der Waals surface area contributed by atoms with Crippen LogP contribution in [-0.4, -0.2) is 61.4 Å². The first-order valence-electron chi connectivity index (χ1n) is 6.96.